The van der Waals surface area contributed by atoms with Crippen LogP contribution in [-0.4, -0.2) is 59.9 Å². The van der Waals surface area contributed by atoms with E-state index >= 15 is 0 Å². The van der Waals surface area contributed by atoms with E-state index in [0.717, 1.165) is 6.42 Å². The minimum Gasteiger partial charge on any atom is -0.379 e. The van der Waals surface area contributed by atoms with Crippen LogP contribution in [0.25, 0.3) is 0 Å². The van der Waals surface area contributed by atoms with Crippen LogP contribution in [0, 0.1) is 0 Å². The summed E-state index contributed by atoms with van der Waals surface area (Å²) in [5, 5.41) is -3.91. The molecule has 0 aliphatic heterocycles. The maximum Gasteiger partial charge on any atom is 0.367 e. The second-order valence-corrected chi connectivity index (χ2v) is 5.78. The Morgan fingerprint density at radius 2 is 1.25 bits per heavy atom. The number of alkyl halides is 2. The summed E-state index contributed by atoms with van der Waals surface area (Å²) in [7, 11) is -4.87. The molecule has 122 valence electrons. The van der Waals surface area contributed by atoms with Gasteiger partial charge < -0.3 is 14.2 Å². The highest BCUT2D eigenvalue weighted by Crippen LogP contribution is 2.21. The average Bonchev–Trinajstić information content (AvgIpc) is 2.34. The summed E-state index contributed by atoms with van der Waals surface area (Å²) in [5.74, 6) is 0. The summed E-state index contributed by atoms with van der Waals surface area (Å²) in [6.07, 6.45) is 0.947. The Bertz CT molecular complexity index is 328. The Morgan fingerprint density at radius 1 is 0.850 bits per heavy atom. The highest BCUT2D eigenvalue weighted by atomic mass is 32.2. The summed E-state index contributed by atoms with van der Waals surface area (Å²) in [5.41, 5.74) is 0. The van der Waals surface area contributed by atoms with Crippen molar-refractivity contribution in [3.8, 4) is 0 Å². The first-order chi connectivity index (χ1) is 9.31. The van der Waals surface area contributed by atoms with Gasteiger partial charge in [-0.25, -0.2) is 0 Å². The van der Waals surface area contributed by atoms with Crippen molar-refractivity contribution in [3.05, 3.63) is 0 Å². The largest absolute Gasteiger partial charge is 0.379 e. The third-order valence-corrected chi connectivity index (χ3v) is 3.35. The standard InChI is InChI=1S/C11H22F2O6S/c1-3-4-16-5-6-17-7-8-18-9-10-19-20(14,15)11(2,12)13/h3-10H2,1-2H3. The van der Waals surface area contributed by atoms with Gasteiger partial charge in [0.05, 0.1) is 39.6 Å². The van der Waals surface area contributed by atoms with Crippen LogP contribution in [0.1, 0.15) is 20.3 Å². The Labute approximate surface area is 118 Å². The van der Waals surface area contributed by atoms with E-state index in [-0.39, 0.29) is 20.1 Å². The molecule has 0 bridgehead atoms. The van der Waals surface area contributed by atoms with Gasteiger partial charge in [-0.05, 0) is 6.42 Å². The van der Waals surface area contributed by atoms with Crippen molar-refractivity contribution in [2.24, 2.45) is 0 Å². The van der Waals surface area contributed by atoms with Crippen LogP contribution in [0.15, 0.2) is 0 Å². The van der Waals surface area contributed by atoms with Crippen molar-refractivity contribution in [3.63, 3.8) is 0 Å². The third-order valence-electron chi connectivity index (χ3n) is 2.00. The van der Waals surface area contributed by atoms with E-state index in [1.165, 1.54) is 0 Å². The molecule has 0 aromatic rings. The fourth-order valence-electron chi connectivity index (χ4n) is 0.992. The second kappa shape index (κ2) is 10.4. The number of hydrogen-bond acceptors (Lipinski definition) is 6. The van der Waals surface area contributed by atoms with Gasteiger partial charge in [0.2, 0.25) is 0 Å². The van der Waals surface area contributed by atoms with Crippen molar-refractivity contribution in [1.29, 1.82) is 0 Å². The maximum atomic E-state index is 12.5. The zero-order valence-corrected chi connectivity index (χ0v) is 12.6. The number of hydrogen-bond donors (Lipinski definition) is 0. The van der Waals surface area contributed by atoms with Crippen LogP contribution in [0.5, 0.6) is 0 Å². The van der Waals surface area contributed by atoms with Crippen molar-refractivity contribution in [2.45, 2.75) is 25.5 Å². The Hall–Kier alpha value is -0.350. The Morgan fingerprint density at radius 3 is 1.65 bits per heavy atom. The van der Waals surface area contributed by atoms with Crippen molar-refractivity contribution in [2.75, 3.05) is 46.2 Å². The molecule has 0 atom stereocenters. The van der Waals surface area contributed by atoms with E-state index in [9.17, 15) is 17.2 Å². The van der Waals surface area contributed by atoms with Gasteiger partial charge in [0.15, 0.2) is 0 Å². The van der Waals surface area contributed by atoms with E-state index in [2.05, 4.69) is 4.18 Å². The highest BCUT2D eigenvalue weighted by Gasteiger charge is 2.40. The zero-order chi connectivity index (χ0) is 15.5. The van der Waals surface area contributed by atoms with Gasteiger partial charge in [-0.15, -0.1) is 0 Å². The van der Waals surface area contributed by atoms with Crippen LogP contribution in [0.3, 0.4) is 0 Å². The molecule has 0 radical (unpaired) electrons. The fourth-order valence-corrected chi connectivity index (χ4v) is 1.49. The summed E-state index contributed by atoms with van der Waals surface area (Å²) in [6, 6.07) is 0. The molecule has 6 nitrogen and oxygen atoms in total. The normalized spacial score (nSPS) is 12.8. The molecule has 0 aliphatic carbocycles. The minimum absolute atomic E-state index is 0.106. The average molecular weight is 320 g/mol. The summed E-state index contributed by atoms with van der Waals surface area (Å²) in [6.45, 7) is 3.87. The number of rotatable bonds is 13. The van der Waals surface area contributed by atoms with Crippen LogP contribution in [-0.2, 0) is 28.5 Å². The predicted octanol–water partition coefficient (Wildman–Crippen LogP) is 1.41. The molecule has 0 rings (SSSR count). The monoisotopic (exact) mass is 320 g/mol. The van der Waals surface area contributed by atoms with E-state index in [1.54, 1.807) is 0 Å². The number of halogens is 2. The Balaban J connectivity index is 3.38. The first-order valence-electron chi connectivity index (χ1n) is 6.31. The smallest absolute Gasteiger partial charge is 0.367 e. The van der Waals surface area contributed by atoms with E-state index < -0.39 is 22.0 Å². The molecule has 0 spiro atoms. The molecular formula is C11H22F2O6S. The molecule has 0 saturated carbocycles. The molecule has 0 fully saturated rings. The van der Waals surface area contributed by atoms with Crippen LogP contribution in [0.2, 0.25) is 0 Å². The number of ether oxygens (including phenoxy) is 3. The lowest BCUT2D eigenvalue weighted by Crippen LogP contribution is -2.28. The van der Waals surface area contributed by atoms with E-state index in [4.69, 9.17) is 14.2 Å². The SMILES string of the molecule is CCCOCCOCCOCCOS(=O)(=O)C(C)(F)F. The lowest BCUT2D eigenvalue weighted by molar-refractivity contribution is 0.00829. The van der Waals surface area contributed by atoms with E-state index in [1.807, 2.05) is 6.92 Å². The molecule has 0 N–H and O–H groups in total. The van der Waals surface area contributed by atoms with Crippen molar-refractivity contribution in [1.82, 2.24) is 0 Å². The van der Waals surface area contributed by atoms with E-state index in [0.29, 0.717) is 26.4 Å². The van der Waals surface area contributed by atoms with Gasteiger partial charge >= 0.3 is 15.4 Å². The minimum atomic E-state index is -4.87. The van der Waals surface area contributed by atoms with Crippen LogP contribution < -0.4 is 0 Å². The first-order valence-corrected chi connectivity index (χ1v) is 7.72. The molecule has 0 aromatic carbocycles. The third kappa shape index (κ3) is 9.54. The van der Waals surface area contributed by atoms with Gasteiger partial charge in [-0.1, -0.05) is 6.92 Å². The molecule has 0 amide bonds. The van der Waals surface area contributed by atoms with Gasteiger partial charge in [0.25, 0.3) is 0 Å². The topological polar surface area (TPSA) is 71.1 Å². The van der Waals surface area contributed by atoms with Gasteiger partial charge in [-0.2, -0.15) is 17.2 Å². The second-order valence-electron chi connectivity index (χ2n) is 3.92. The molecule has 0 unspecified atom stereocenters. The van der Waals surface area contributed by atoms with Gasteiger partial charge in [0.1, 0.15) is 0 Å². The predicted molar refractivity (Wildman–Crippen MR) is 68.2 cm³/mol. The van der Waals surface area contributed by atoms with Crippen LogP contribution in [0.4, 0.5) is 8.78 Å². The zero-order valence-electron chi connectivity index (χ0n) is 11.8. The molecular weight excluding hydrogens is 298 g/mol. The molecule has 0 saturated heterocycles. The highest BCUT2D eigenvalue weighted by molar-refractivity contribution is 7.87. The molecule has 0 aromatic heterocycles. The van der Waals surface area contributed by atoms with Gasteiger partial charge in [0, 0.05) is 13.5 Å². The maximum absolute atomic E-state index is 12.5. The van der Waals surface area contributed by atoms with Crippen LogP contribution >= 0.6 is 0 Å². The summed E-state index contributed by atoms with van der Waals surface area (Å²) < 4.78 is 66.1. The molecule has 9 heteroatoms. The summed E-state index contributed by atoms with van der Waals surface area (Å²) in [4.78, 5) is 0. The lowest BCUT2D eigenvalue weighted by atomic mass is 10.5. The Kier molecular flexibility index (Phi) is 10.2. The van der Waals surface area contributed by atoms with Crippen molar-refractivity contribution >= 4 is 10.1 Å². The fraction of sp³-hybridized carbons (Fsp3) is 1.00. The van der Waals surface area contributed by atoms with Crippen molar-refractivity contribution < 1.29 is 35.6 Å². The molecule has 0 heterocycles. The molecule has 20 heavy (non-hydrogen) atoms. The summed E-state index contributed by atoms with van der Waals surface area (Å²) >= 11 is 0. The first kappa shape index (κ1) is 19.7. The quantitative estimate of drug-likeness (QED) is 0.377. The lowest BCUT2D eigenvalue weighted by Gasteiger charge is -2.11. The van der Waals surface area contributed by atoms with Gasteiger partial charge in [-0.3, -0.25) is 4.18 Å². The molecule has 0 aliphatic rings.